The van der Waals surface area contributed by atoms with Gasteiger partial charge in [-0.25, -0.2) is 14.4 Å². The molecule has 146 valence electrons. The third-order valence-electron chi connectivity index (χ3n) is 3.63. The molecule has 0 saturated carbocycles. The van der Waals surface area contributed by atoms with Crippen LogP contribution in [0.15, 0.2) is 22.8 Å². The van der Waals surface area contributed by atoms with Crippen LogP contribution in [0.2, 0.25) is 0 Å². The molecule has 0 fully saturated rings. The minimum Gasteiger partial charge on any atom is -0.467 e. The van der Waals surface area contributed by atoms with Crippen LogP contribution in [0.3, 0.4) is 0 Å². The molecule has 2 rings (SSSR count). The first kappa shape index (κ1) is 20.5. The minimum atomic E-state index is -0.606. The summed E-state index contributed by atoms with van der Waals surface area (Å²) in [6, 6.07) is 3.03. The smallest absolute Gasteiger partial charge is 0.348 e. The molecule has 0 spiro atoms. The molecular formula is C18H22N2O6S. The average molecular weight is 394 g/mol. The van der Waals surface area contributed by atoms with Crippen LogP contribution in [0.25, 0.3) is 0 Å². The van der Waals surface area contributed by atoms with Crippen LogP contribution in [0.1, 0.15) is 45.2 Å². The van der Waals surface area contributed by atoms with Crippen molar-refractivity contribution in [3.05, 3.63) is 40.2 Å². The van der Waals surface area contributed by atoms with Crippen LogP contribution < -0.4 is 5.32 Å². The maximum Gasteiger partial charge on any atom is 0.348 e. The van der Waals surface area contributed by atoms with E-state index >= 15 is 0 Å². The van der Waals surface area contributed by atoms with Crippen molar-refractivity contribution in [2.75, 3.05) is 25.6 Å². The summed E-state index contributed by atoms with van der Waals surface area (Å²) in [5.41, 5.74) is 0.575. The van der Waals surface area contributed by atoms with E-state index in [2.05, 4.69) is 5.32 Å². The van der Waals surface area contributed by atoms with E-state index in [0.717, 1.165) is 11.3 Å². The number of nitrogens with zero attached hydrogens (tertiary/aromatic N) is 1. The number of rotatable bonds is 7. The number of hydrogen-bond donors (Lipinski definition) is 1. The van der Waals surface area contributed by atoms with Gasteiger partial charge in [-0.2, -0.15) is 0 Å². The molecule has 0 unspecified atom stereocenters. The zero-order valence-electron chi connectivity index (χ0n) is 15.7. The molecule has 2 amide bonds. The van der Waals surface area contributed by atoms with Crippen LogP contribution >= 0.6 is 11.3 Å². The molecule has 0 aliphatic rings. The van der Waals surface area contributed by atoms with E-state index in [4.69, 9.17) is 13.9 Å². The van der Waals surface area contributed by atoms with Crippen molar-refractivity contribution < 1.29 is 28.3 Å². The van der Waals surface area contributed by atoms with E-state index in [1.54, 1.807) is 40.0 Å². The summed E-state index contributed by atoms with van der Waals surface area (Å²) in [6.07, 6.45) is 1.52. The van der Waals surface area contributed by atoms with Crippen molar-refractivity contribution in [2.24, 2.45) is 0 Å². The van der Waals surface area contributed by atoms with Gasteiger partial charge in [0.1, 0.15) is 15.6 Å². The molecular weight excluding hydrogens is 372 g/mol. The first-order valence-corrected chi connectivity index (χ1v) is 9.22. The Kier molecular flexibility index (Phi) is 7.00. The average Bonchev–Trinajstić information content (AvgIpc) is 3.23. The molecule has 0 atom stereocenters. The molecule has 2 aromatic heterocycles. The highest BCUT2D eigenvalue weighted by Crippen LogP contribution is 2.34. The van der Waals surface area contributed by atoms with E-state index in [0.29, 0.717) is 11.3 Å². The third kappa shape index (κ3) is 4.88. The highest BCUT2D eigenvalue weighted by atomic mass is 32.1. The van der Waals surface area contributed by atoms with Crippen LogP contribution in [0.4, 0.5) is 9.80 Å². The van der Waals surface area contributed by atoms with Crippen molar-refractivity contribution in [1.29, 1.82) is 0 Å². The Balaban J connectivity index is 2.27. The maximum absolute atomic E-state index is 12.5. The third-order valence-corrected chi connectivity index (χ3v) is 4.81. The standard InChI is InChI=1S/C18H22N2O6S/c1-5-24-16(21)13-11(3)14(17(22)25-6-2)27-15(13)19-18(23)20(4)10-12-8-7-9-26-12/h7-9H,5-6,10H2,1-4H3,(H,19,23). The molecule has 0 aliphatic heterocycles. The summed E-state index contributed by atoms with van der Waals surface area (Å²) in [6.45, 7) is 5.63. The van der Waals surface area contributed by atoms with E-state index in [9.17, 15) is 14.4 Å². The van der Waals surface area contributed by atoms with Crippen molar-refractivity contribution in [2.45, 2.75) is 27.3 Å². The molecule has 27 heavy (non-hydrogen) atoms. The highest BCUT2D eigenvalue weighted by Gasteiger charge is 2.28. The number of nitrogens with one attached hydrogen (secondary N) is 1. The van der Waals surface area contributed by atoms with Gasteiger partial charge in [0, 0.05) is 7.05 Å². The lowest BCUT2D eigenvalue weighted by molar-refractivity contribution is 0.0527. The summed E-state index contributed by atoms with van der Waals surface area (Å²) in [5.74, 6) is -0.534. The van der Waals surface area contributed by atoms with Gasteiger partial charge in [-0.05, 0) is 38.5 Å². The Hall–Kier alpha value is -2.81. The van der Waals surface area contributed by atoms with E-state index < -0.39 is 18.0 Å². The zero-order valence-corrected chi connectivity index (χ0v) is 16.5. The molecule has 1 N–H and O–H groups in total. The number of carbonyl (C=O) groups excluding carboxylic acids is 3. The fraction of sp³-hybridized carbons (Fsp3) is 0.389. The van der Waals surface area contributed by atoms with Gasteiger partial charge in [0.25, 0.3) is 0 Å². The number of carbonyl (C=O) groups is 3. The van der Waals surface area contributed by atoms with E-state index in [-0.39, 0.29) is 35.2 Å². The molecule has 0 bridgehead atoms. The number of furan rings is 1. The molecule has 9 heteroatoms. The van der Waals surface area contributed by atoms with E-state index in [1.165, 1.54) is 11.2 Å². The van der Waals surface area contributed by atoms with Gasteiger partial charge >= 0.3 is 18.0 Å². The predicted molar refractivity (Wildman–Crippen MR) is 100 cm³/mol. The van der Waals surface area contributed by atoms with E-state index in [1.807, 2.05) is 0 Å². The summed E-state index contributed by atoms with van der Waals surface area (Å²) >= 11 is 0.985. The normalized spacial score (nSPS) is 10.4. The lowest BCUT2D eigenvalue weighted by atomic mass is 10.1. The minimum absolute atomic E-state index is 0.157. The van der Waals surface area contributed by atoms with Crippen LogP contribution in [0.5, 0.6) is 0 Å². The zero-order chi connectivity index (χ0) is 20.0. The Labute approximate surface area is 161 Å². The molecule has 0 aliphatic carbocycles. The summed E-state index contributed by atoms with van der Waals surface area (Å²) in [4.78, 5) is 38.6. The number of ether oxygens (including phenoxy) is 2. The number of urea groups is 1. The van der Waals surface area contributed by atoms with Crippen molar-refractivity contribution in [1.82, 2.24) is 4.90 Å². The van der Waals surface area contributed by atoms with Gasteiger partial charge in [0.05, 0.1) is 31.6 Å². The first-order chi connectivity index (χ1) is 12.9. The van der Waals surface area contributed by atoms with Crippen LogP contribution in [0, 0.1) is 6.92 Å². The highest BCUT2D eigenvalue weighted by molar-refractivity contribution is 7.18. The van der Waals surface area contributed by atoms with Crippen molar-refractivity contribution in [3.8, 4) is 0 Å². The topological polar surface area (TPSA) is 98.1 Å². The second kappa shape index (κ2) is 9.22. The van der Waals surface area contributed by atoms with Gasteiger partial charge in [-0.1, -0.05) is 0 Å². The van der Waals surface area contributed by atoms with Gasteiger partial charge in [-0.15, -0.1) is 11.3 Å². The Bertz CT molecular complexity index is 812. The molecule has 8 nitrogen and oxygen atoms in total. The van der Waals surface area contributed by atoms with Crippen molar-refractivity contribution in [3.63, 3.8) is 0 Å². The second-order valence-electron chi connectivity index (χ2n) is 5.57. The Morgan fingerprint density at radius 1 is 1.19 bits per heavy atom. The van der Waals surface area contributed by atoms with Gasteiger partial charge in [-0.3, -0.25) is 5.32 Å². The SMILES string of the molecule is CCOC(=O)c1sc(NC(=O)N(C)Cc2ccco2)c(C(=O)OCC)c1C. The fourth-order valence-corrected chi connectivity index (χ4v) is 3.42. The number of anilines is 1. The lowest BCUT2D eigenvalue weighted by Gasteiger charge is -2.16. The number of hydrogen-bond acceptors (Lipinski definition) is 7. The van der Waals surface area contributed by atoms with Gasteiger partial charge < -0.3 is 18.8 Å². The predicted octanol–water partition coefficient (Wildman–Crippen LogP) is 3.67. The summed E-state index contributed by atoms with van der Waals surface area (Å²) < 4.78 is 15.3. The van der Waals surface area contributed by atoms with Gasteiger partial charge in [0.15, 0.2) is 0 Å². The quantitative estimate of drug-likeness (QED) is 0.720. The van der Waals surface area contributed by atoms with Crippen LogP contribution in [-0.4, -0.2) is 43.1 Å². The second-order valence-corrected chi connectivity index (χ2v) is 6.59. The molecule has 0 radical (unpaired) electrons. The Morgan fingerprint density at radius 2 is 1.85 bits per heavy atom. The molecule has 0 aromatic carbocycles. The summed E-state index contributed by atoms with van der Waals surface area (Å²) in [5, 5.41) is 2.92. The number of thiophene rings is 1. The first-order valence-electron chi connectivity index (χ1n) is 8.41. The maximum atomic E-state index is 12.5. The number of esters is 2. The monoisotopic (exact) mass is 394 g/mol. The number of amides is 2. The molecule has 0 saturated heterocycles. The van der Waals surface area contributed by atoms with Crippen LogP contribution in [-0.2, 0) is 16.0 Å². The van der Waals surface area contributed by atoms with Gasteiger partial charge in [0.2, 0.25) is 0 Å². The molecule has 2 heterocycles. The Morgan fingerprint density at radius 3 is 2.44 bits per heavy atom. The largest absolute Gasteiger partial charge is 0.467 e. The molecule has 2 aromatic rings. The lowest BCUT2D eigenvalue weighted by Crippen LogP contribution is -2.31. The van der Waals surface area contributed by atoms with Crippen molar-refractivity contribution >= 4 is 34.3 Å². The summed E-state index contributed by atoms with van der Waals surface area (Å²) in [7, 11) is 1.59. The fourth-order valence-electron chi connectivity index (χ4n) is 2.34.